The van der Waals surface area contributed by atoms with Crippen molar-refractivity contribution in [3.05, 3.63) is 24.3 Å². The maximum atomic E-state index is 12.0. The van der Waals surface area contributed by atoms with E-state index in [-0.39, 0.29) is 23.8 Å². The van der Waals surface area contributed by atoms with Gasteiger partial charge in [0.2, 0.25) is 11.8 Å². The van der Waals surface area contributed by atoms with Crippen LogP contribution in [-0.2, 0) is 9.59 Å². The lowest BCUT2D eigenvalue weighted by Gasteiger charge is -2.15. The predicted molar refractivity (Wildman–Crippen MR) is 93.4 cm³/mol. The SMILES string of the molecule is CCCCCNC(=O)C(C)Nc1ccc(NC(=O)C2CC2)cc1. The van der Waals surface area contributed by atoms with E-state index >= 15 is 0 Å². The molecule has 1 fully saturated rings. The minimum Gasteiger partial charge on any atom is -0.374 e. The summed E-state index contributed by atoms with van der Waals surface area (Å²) in [6.45, 7) is 4.71. The van der Waals surface area contributed by atoms with Crippen molar-refractivity contribution in [1.82, 2.24) is 5.32 Å². The minimum absolute atomic E-state index is 0.00668. The summed E-state index contributed by atoms with van der Waals surface area (Å²) >= 11 is 0. The van der Waals surface area contributed by atoms with Crippen molar-refractivity contribution in [2.75, 3.05) is 17.2 Å². The summed E-state index contributed by atoms with van der Waals surface area (Å²) in [4.78, 5) is 23.7. The highest BCUT2D eigenvalue weighted by molar-refractivity contribution is 5.94. The van der Waals surface area contributed by atoms with Gasteiger partial charge in [0.15, 0.2) is 0 Å². The zero-order valence-electron chi connectivity index (χ0n) is 14.0. The second-order valence-electron chi connectivity index (χ2n) is 6.21. The molecule has 5 nitrogen and oxygen atoms in total. The molecular weight excluding hydrogens is 290 g/mol. The molecule has 0 saturated heterocycles. The molecule has 2 amide bonds. The average molecular weight is 317 g/mol. The van der Waals surface area contributed by atoms with Crippen LogP contribution in [0, 0.1) is 5.92 Å². The van der Waals surface area contributed by atoms with E-state index in [0.717, 1.165) is 50.0 Å². The van der Waals surface area contributed by atoms with Crippen LogP contribution < -0.4 is 16.0 Å². The number of hydrogen-bond acceptors (Lipinski definition) is 3. The number of anilines is 2. The number of rotatable bonds is 9. The normalized spacial score (nSPS) is 14.9. The number of unbranched alkanes of at least 4 members (excludes halogenated alkanes) is 2. The highest BCUT2D eigenvalue weighted by Crippen LogP contribution is 2.30. The highest BCUT2D eigenvalue weighted by Gasteiger charge is 2.29. The molecule has 23 heavy (non-hydrogen) atoms. The molecule has 5 heteroatoms. The molecule has 1 aliphatic carbocycles. The van der Waals surface area contributed by atoms with Crippen LogP contribution in [0.4, 0.5) is 11.4 Å². The molecule has 1 atom stereocenters. The summed E-state index contributed by atoms with van der Waals surface area (Å²) in [6.07, 6.45) is 5.29. The number of nitrogens with one attached hydrogen (secondary N) is 3. The fraction of sp³-hybridized carbons (Fsp3) is 0.556. The van der Waals surface area contributed by atoms with Crippen LogP contribution in [0.15, 0.2) is 24.3 Å². The van der Waals surface area contributed by atoms with Crippen LogP contribution in [0.5, 0.6) is 0 Å². The smallest absolute Gasteiger partial charge is 0.242 e. The van der Waals surface area contributed by atoms with Crippen LogP contribution in [0.3, 0.4) is 0 Å². The molecule has 0 heterocycles. The summed E-state index contributed by atoms with van der Waals surface area (Å²) < 4.78 is 0. The molecule has 3 N–H and O–H groups in total. The fourth-order valence-corrected chi connectivity index (χ4v) is 2.29. The summed E-state index contributed by atoms with van der Waals surface area (Å²) in [6, 6.07) is 7.18. The third-order valence-electron chi connectivity index (χ3n) is 3.96. The van der Waals surface area contributed by atoms with Crippen LogP contribution in [-0.4, -0.2) is 24.4 Å². The van der Waals surface area contributed by atoms with Crippen molar-refractivity contribution in [2.45, 2.75) is 52.0 Å². The standard InChI is InChI=1S/C18H27N3O2/c1-3-4-5-12-19-17(22)13(2)20-15-8-10-16(11-9-15)21-18(23)14-6-7-14/h8-11,13-14,20H,3-7,12H2,1-2H3,(H,19,22)(H,21,23). The molecule has 1 aromatic rings. The van der Waals surface area contributed by atoms with Crippen molar-refractivity contribution >= 4 is 23.2 Å². The monoisotopic (exact) mass is 317 g/mol. The van der Waals surface area contributed by atoms with Crippen LogP contribution in [0.1, 0.15) is 46.0 Å². The van der Waals surface area contributed by atoms with Crippen LogP contribution in [0.2, 0.25) is 0 Å². The molecule has 1 aliphatic rings. The third-order valence-corrected chi connectivity index (χ3v) is 3.96. The van der Waals surface area contributed by atoms with E-state index in [1.807, 2.05) is 31.2 Å². The van der Waals surface area contributed by atoms with Crippen LogP contribution >= 0.6 is 0 Å². The molecule has 0 bridgehead atoms. The molecule has 126 valence electrons. The van der Waals surface area contributed by atoms with Crippen molar-refractivity contribution in [3.8, 4) is 0 Å². The van der Waals surface area contributed by atoms with E-state index in [2.05, 4.69) is 22.9 Å². The van der Waals surface area contributed by atoms with Gasteiger partial charge in [0.25, 0.3) is 0 Å². The van der Waals surface area contributed by atoms with Gasteiger partial charge in [0.1, 0.15) is 6.04 Å². The molecule has 1 aromatic carbocycles. The van der Waals surface area contributed by atoms with Crippen molar-refractivity contribution < 1.29 is 9.59 Å². The lowest BCUT2D eigenvalue weighted by Crippen LogP contribution is -2.38. The van der Waals surface area contributed by atoms with Gasteiger partial charge in [-0.1, -0.05) is 19.8 Å². The van der Waals surface area contributed by atoms with Gasteiger partial charge in [-0.15, -0.1) is 0 Å². The first-order valence-corrected chi connectivity index (χ1v) is 8.55. The number of hydrogen-bond donors (Lipinski definition) is 3. The predicted octanol–water partition coefficient (Wildman–Crippen LogP) is 3.14. The van der Waals surface area contributed by atoms with E-state index in [1.165, 1.54) is 0 Å². The maximum Gasteiger partial charge on any atom is 0.242 e. The van der Waals surface area contributed by atoms with Gasteiger partial charge >= 0.3 is 0 Å². The van der Waals surface area contributed by atoms with Gasteiger partial charge in [0, 0.05) is 23.8 Å². The van der Waals surface area contributed by atoms with Crippen LogP contribution in [0.25, 0.3) is 0 Å². The lowest BCUT2D eigenvalue weighted by atomic mass is 10.2. The number of amides is 2. The molecule has 2 rings (SSSR count). The van der Waals surface area contributed by atoms with Gasteiger partial charge in [0.05, 0.1) is 0 Å². The Hall–Kier alpha value is -2.04. The Morgan fingerprint density at radius 1 is 1.13 bits per heavy atom. The molecule has 0 radical (unpaired) electrons. The quantitative estimate of drug-likeness (QED) is 0.613. The van der Waals surface area contributed by atoms with E-state index in [0.29, 0.717) is 0 Å². The van der Waals surface area contributed by atoms with Crippen molar-refractivity contribution in [2.24, 2.45) is 5.92 Å². The van der Waals surface area contributed by atoms with Gasteiger partial charge < -0.3 is 16.0 Å². The Morgan fingerprint density at radius 3 is 2.39 bits per heavy atom. The highest BCUT2D eigenvalue weighted by atomic mass is 16.2. The second kappa shape index (κ2) is 8.56. The largest absolute Gasteiger partial charge is 0.374 e. The van der Waals surface area contributed by atoms with Crippen molar-refractivity contribution in [3.63, 3.8) is 0 Å². The molecular formula is C18H27N3O2. The Labute approximate surface area is 138 Å². The maximum absolute atomic E-state index is 12.0. The first kappa shape index (κ1) is 17.3. The Morgan fingerprint density at radius 2 is 1.78 bits per heavy atom. The lowest BCUT2D eigenvalue weighted by molar-refractivity contribution is -0.121. The zero-order valence-corrected chi connectivity index (χ0v) is 14.0. The van der Waals surface area contributed by atoms with Gasteiger partial charge in [-0.25, -0.2) is 0 Å². The minimum atomic E-state index is -0.288. The Kier molecular flexibility index (Phi) is 6.44. The molecule has 0 spiro atoms. The third kappa shape index (κ3) is 5.93. The first-order valence-electron chi connectivity index (χ1n) is 8.55. The number of benzene rings is 1. The van der Waals surface area contributed by atoms with E-state index < -0.39 is 0 Å². The van der Waals surface area contributed by atoms with Gasteiger partial charge in [-0.2, -0.15) is 0 Å². The van der Waals surface area contributed by atoms with Gasteiger partial charge in [-0.05, 0) is 50.5 Å². The summed E-state index contributed by atoms with van der Waals surface area (Å²) in [5.41, 5.74) is 1.66. The van der Waals surface area contributed by atoms with Gasteiger partial charge in [-0.3, -0.25) is 9.59 Å². The summed E-state index contributed by atoms with van der Waals surface area (Å²) in [5.74, 6) is 0.307. The Balaban J connectivity index is 1.75. The molecule has 1 unspecified atom stereocenters. The zero-order chi connectivity index (χ0) is 16.7. The molecule has 1 saturated carbocycles. The van der Waals surface area contributed by atoms with E-state index in [4.69, 9.17) is 0 Å². The molecule has 0 aliphatic heterocycles. The van der Waals surface area contributed by atoms with E-state index in [9.17, 15) is 9.59 Å². The molecule has 0 aromatic heterocycles. The topological polar surface area (TPSA) is 70.2 Å². The second-order valence-corrected chi connectivity index (χ2v) is 6.21. The fourth-order valence-electron chi connectivity index (χ4n) is 2.29. The van der Waals surface area contributed by atoms with Crippen molar-refractivity contribution in [1.29, 1.82) is 0 Å². The number of carbonyl (C=O) groups is 2. The average Bonchev–Trinajstić information content (AvgIpc) is 3.38. The number of carbonyl (C=O) groups excluding carboxylic acids is 2. The van der Waals surface area contributed by atoms with E-state index in [1.54, 1.807) is 0 Å². The Bertz CT molecular complexity index is 524. The first-order chi connectivity index (χ1) is 11.1. The summed E-state index contributed by atoms with van der Waals surface area (Å²) in [7, 11) is 0. The summed E-state index contributed by atoms with van der Waals surface area (Å²) in [5, 5.41) is 9.01.